The molecule has 0 bridgehead atoms. The van der Waals surface area contributed by atoms with Crippen molar-refractivity contribution in [2.24, 2.45) is 5.92 Å². The van der Waals surface area contributed by atoms with Gasteiger partial charge in [-0.1, -0.05) is 11.2 Å². The van der Waals surface area contributed by atoms with Crippen LogP contribution in [0, 0.1) is 5.92 Å². The van der Waals surface area contributed by atoms with Crippen molar-refractivity contribution in [1.29, 1.82) is 0 Å². The standard InChI is InChI=1S/C20H28N4O3S2/c1-23(2)10-7-21-20(26)15-5-8-24(9-6-15)19(25)14-28-13-16-12-17(27-22-16)18-4-3-11-29-18/h3-4,11-12,15H,5-10,13-14H2,1-2H3,(H,21,26). The van der Waals surface area contributed by atoms with Crippen molar-refractivity contribution in [2.75, 3.05) is 46.0 Å². The van der Waals surface area contributed by atoms with E-state index >= 15 is 0 Å². The second-order valence-corrected chi connectivity index (χ2v) is 9.34. The second-order valence-electron chi connectivity index (χ2n) is 7.40. The fraction of sp³-hybridized carbons (Fsp3) is 0.550. The van der Waals surface area contributed by atoms with Crippen LogP contribution in [0.15, 0.2) is 28.1 Å². The van der Waals surface area contributed by atoms with Gasteiger partial charge < -0.3 is 19.6 Å². The highest BCUT2D eigenvalue weighted by Gasteiger charge is 2.27. The van der Waals surface area contributed by atoms with Gasteiger partial charge >= 0.3 is 0 Å². The van der Waals surface area contributed by atoms with Gasteiger partial charge in [-0.15, -0.1) is 23.1 Å². The molecule has 1 fully saturated rings. The molecule has 0 aromatic carbocycles. The summed E-state index contributed by atoms with van der Waals surface area (Å²) in [7, 11) is 3.97. The Morgan fingerprint density at radius 3 is 2.86 bits per heavy atom. The molecule has 1 aliphatic rings. The summed E-state index contributed by atoms with van der Waals surface area (Å²) in [5.41, 5.74) is 0.847. The van der Waals surface area contributed by atoms with E-state index in [4.69, 9.17) is 4.52 Å². The number of nitrogens with one attached hydrogen (secondary N) is 1. The molecule has 1 aliphatic heterocycles. The number of nitrogens with zero attached hydrogens (tertiary/aromatic N) is 3. The summed E-state index contributed by atoms with van der Waals surface area (Å²) in [4.78, 5) is 29.6. The Labute approximate surface area is 179 Å². The molecule has 29 heavy (non-hydrogen) atoms. The van der Waals surface area contributed by atoms with Gasteiger partial charge in [-0.05, 0) is 38.4 Å². The van der Waals surface area contributed by atoms with Gasteiger partial charge in [-0.3, -0.25) is 9.59 Å². The minimum absolute atomic E-state index is 0.0136. The van der Waals surface area contributed by atoms with Gasteiger partial charge in [-0.2, -0.15) is 0 Å². The van der Waals surface area contributed by atoms with E-state index in [0.717, 1.165) is 35.7 Å². The fourth-order valence-corrected chi connectivity index (χ4v) is 4.66. The van der Waals surface area contributed by atoms with Crippen molar-refractivity contribution >= 4 is 34.9 Å². The third-order valence-corrected chi connectivity index (χ3v) is 6.71. The molecule has 7 nitrogen and oxygen atoms in total. The fourth-order valence-electron chi connectivity index (χ4n) is 3.19. The van der Waals surface area contributed by atoms with Crippen molar-refractivity contribution in [2.45, 2.75) is 18.6 Å². The molecule has 0 aliphatic carbocycles. The predicted octanol–water partition coefficient (Wildman–Crippen LogP) is 2.55. The highest BCUT2D eigenvalue weighted by molar-refractivity contribution is 7.99. The second kappa shape index (κ2) is 10.8. The number of piperidine rings is 1. The van der Waals surface area contributed by atoms with Gasteiger partial charge in [0.25, 0.3) is 0 Å². The molecule has 2 aromatic rings. The van der Waals surface area contributed by atoms with E-state index in [1.165, 1.54) is 0 Å². The summed E-state index contributed by atoms with van der Waals surface area (Å²) in [6.07, 6.45) is 1.47. The Kier molecular flexibility index (Phi) is 8.14. The van der Waals surface area contributed by atoms with E-state index in [1.807, 2.05) is 47.5 Å². The number of aromatic nitrogens is 1. The highest BCUT2D eigenvalue weighted by Crippen LogP contribution is 2.26. The van der Waals surface area contributed by atoms with Crippen LogP contribution in [0.25, 0.3) is 10.6 Å². The molecule has 1 N–H and O–H groups in total. The van der Waals surface area contributed by atoms with Gasteiger partial charge in [0.1, 0.15) is 0 Å². The minimum atomic E-state index is 0.0136. The van der Waals surface area contributed by atoms with Crippen LogP contribution in [0.2, 0.25) is 0 Å². The largest absolute Gasteiger partial charge is 0.355 e. The van der Waals surface area contributed by atoms with E-state index in [2.05, 4.69) is 10.5 Å². The minimum Gasteiger partial charge on any atom is -0.355 e. The number of hydrogen-bond donors (Lipinski definition) is 1. The summed E-state index contributed by atoms with van der Waals surface area (Å²) in [5.74, 6) is 2.09. The summed E-state index contributed by atoms with van der Waals surface area (Å²) in [6, 6.07) is 5.91. The molecule has 0 spiro atoms. The molecule has 3 rings (SSSR count). The topological polar surface area (TPSA) is 78.7 Å². The SMILES string of the molecule is CN(C)CCNC(=O)C1CCN(C(=O)CSCc2cc(-c3cccs3)on2)CC1. The number of thiophene rings is 1. The Bertz CT molecular complexity index is 784. The zero-order chi connectivity index (χ0) is 20.6. The third kappa shape index (κ3) is 6.58. The van der Waals surface area contributed by atoms with Crippen LogP contribution in [-0.4, -0.2) is 72.8 Å². The summed E-state index contributed by atoms with van der Waals surface area (Å²) in [5, 5.41) is 9.08. The number of thioether (sulfide) groups is 1. The molecule has 0 radical (unpaired) electrons. The third-order valence-electron chi connectivity index (χ3n) is 4.88. The van der Waals surface area contributed by atoms with Crippen molar-refractivity contribution < 1.29 is 14.1 Å². The first kappa shape index (κ1) is 21.9. The van der Waals surface area contributed by atoms with Crippen LogP contribution in [-0.2, 0) is 15.3 Å². The van der Waals surface area contributed by atoms with Crippen molar-refractivity contribution in [3.05, 3.63) is 29.3 Å². The summed E-state index contributed by atoms with van der Waals surface area (Å²) in [6.45, 7) is 2.80. The molecular formula is C20H28N4O3S2. The molecule has 158 valence electrons. The summed E-state index contributed by atoms with van der Waals surface area (Å²) < 4.78 is 5.37. The van der Waals surface area contributed by atoms with E-state index in [1.54, 1.807) is 23.1 Å². The molecular weight excluding hydrogens is 408 g/mol. The Morgan fingerprint density at radius 1 is 1.38 bits per heavy atom. The number of hydrogen-bond acceptors (Lipinski definition) is 7. The average molecular weight is 437 g/mol. The van der Waals surface area contributed by atoms with Gasteiger partial charge in [0.2, 0.25) is 11.8 Å². The number of rotatable bonds is 9. The lowest BCUT2D eigenvalue weighted by molar-refractivity contribution is -0.133. The molecule has 3 heterocycles. The van der Waals surface area contributed by atoms with E-state index in [9.17, 15) is 9.59 Å². The lowest BCUT2D eigenvalue weighted by Gasteiger charge is -2.31. The number of carbonyl (C=O) groups is 2. The van der Waals surface area contributed by atoms with Crippen molar-refractivity contribution in [3.63, 3.8) is 0 Å². The Hall–Kier alpha value is -1.84. The molecule has 1 saturated heterocycles. The molecule has 2 amide bonds. The zero-order valence-corrected chi connectivity index (χ0v) is 18.6. The van der Waals surface area contributed by atoms with Crippen LogP contribution in [0.5, 0.6) is 0 Å². The van der Waals surface area contributed by atoms with Crippen LogP contribution in [0.3, 0.4) is 0 Å². The van der Waals surface area contributed by atoms with Crippen molar-refractivity contribution in [3.8, 4) is 10.6 Å². The van der Waals surface area contributed by atoms with Crippen LogP contribution in [0.1, 0.15) is 18.5 Å². The van der Waals surface area contributed by atoms with Gasteiger partial charge in [0.15, 0.2) is 5.76 Å². The maximum atomic E-state index is 12.5. The summed E-state index contributed by atoms with van der Waals surface area (Å²) >= 11 is 3.16. The maximum absolute atomic E-state index is 12.5. The normalized spacial score (nSPS) is 15.1. The zero-order valence-electron chi connectivity index (χ0n) is 16.9. The van der Waals surface area contributed by atoms with Gasteiger partial charge in [0, 0.05) is 43.9 Å². The lowest BCUT2D eigenvalue weighted by atomic mass is 9.96. The number of likely N-dealkylation sites (tertiary alicyclic amines) is 1. The Morgan fingerprint density at radius 2 is 2.17 bits per heavy atom. The van der Waals surface area contributed by atoms with Crippen LogP contribution >= 0.6 is 23.1 Å². The average Bonchev–Trinajstić information content (AvgIpc) is 3.39. The quantitative estimate of drug-likeness (QED) is 0.651. The maximum Gasteiger partial charge on any atom is 0.232 e. The van der Waals surface area contributed by atoms with E-state index < -0.39 is 0 Å². The molecule has 0 atom stereocenters. The van der Waals surface area contributed by atoms with Crippen molar-refractivity contribution in [1.82, 2.24) is 20.3 Å². The van der Waals surface area contributed by atoms with E-state index in [-0.39, 0.29) is 17.7 Å². The molecule has 9 heteroatoms. The lowest BCUT2D eigenvalue weighted by Crippen LogP contribution is -2.44. The van der Waals surface area contributed by atoms with Gasteiger partial charge in [0.05, 0.1) is 16.3 Å². The predicted molar refractivity (Wildman–Crippen MR) is 117 cm³/mol. The first-order chi connectivity index (χ1) is 14.0. The monoisotopic (exact) mass is 436 g/mol. The van der Waals surface area contributed by atoms with Crippen LogP contribution in [0.4, 0.5) is 0 Å². The Balaban J connectivity index is 1.34. The first-order valence-electron chi connectivity index (χ1n) is 9.80. The number of amides is 2. The smallest absolute Gasteiger partial charge is 0.232 e. The highest BCUT2D eigenvalue weighted by atomic mass is 32.2. The van der Waals surface area contributed by atoms with Crippen LogP contribution < -0.4 is 5.32 Å². The number of carbonyl (C=O) groups excluding carboxylic acids is 2. The molecule has 0 unspecified atom stereocenters. The molecule has 2 aromatic heterocycles. The molecule has 0 saturated carbocycles. The number of likely N-dealkylation sites (N-methyl/N-ethyl adjacent to an activating group) is 1. The first-order valence-corrected chi connectivity index (χ1v) is 11.8. The van der Waals surface area contributed by atoms with Gasteiger partial charge in [-0.25, -0.2) is 0 Å². The van der Waals surface area contributed by atoms with E-state index in [0.29, 0.717) is 31.1 Å².